The molecule has 33 heavy (non-hydrogen) atoms. The summed E-state index contributed by atoms with van der Waals surface area (Å²) in [5.74, 6) is -0.935. The molecular weight excluding hydrogens is 434 g/mol. The highest BCUT2D eigenvalue weighted by Crippen LogP contribution is 2.37. The van der Waals surface area contributed by atoms with Crippen molar-refractivity contribution in [3.63, 3.8) is 0 Å². The van der Waals surface area contributed by atoms with Gasteiger partial charge in [-0.15, -0.1) is 0 Å². The normalized spacial score (nSPS) is 14.0. The van der Waals surface area contributed by atoms with E-state index < -0.39 is 18.3 Å². The first-order valence-corrected chi connectivity index (χ1v) is 10.1. The Morgan fingerprint density at radius 2 is 1.85 bits per heavy atom. The third-order valence-corrected chi connectivity index (χ3v) is 4.74. The summed E-state index contributed by atoms with van der Waals surface area (Å²) in [4.78, 5) is 28.9. The quantitative estimate of drug-likeness (QED) is 0.501. The van der Waals surface area contributed by atoms with Crippen molar-refractivity contribution in [2.45, 2.75) is 20.0 Å². The third kappa shape index (κ3) is 5.17. The minimum atomic E-state index is -1.89. The number of nitrogens with zero attached hydrogens (tertiary/aromatic N) is 1. The van der Waals surface area contributed by atoms with Gasteiger partial charge in [-0.1, -0.05) is 0 Å². The van der Waals surface area contributed by atoms with Crippen molar-refractivity contribution in [2.24, 2.45) is 0 Å². The predicted octanol–water partition coefficient (Wildman–Crippen LogP) is 3.86. The summed E-state index contributed by atoms with van der Waals surface area (Å²) in [6.07, 6.45) is 1.50. The monoisotopic (exact) mass is 454 g/mol. The molecular formula is C23H20F2N4O4. The SMILES string of the molecule is CCNC(=O)c1cc(CNc2cc(F)ccc2C(=O)Nc2ccc3c(c2)OC(F)O3)ccn1. The van der Waals surface area contributed by atoms with E-state index in [9.17, 15) is 18.4 Å². The Kier molecular flexibility index (Phi) is 6.34. The molecule has 0 bridgehead atoms. The summed E-state index contributed by atoms with van der Waals surface area (Å²) in [5.41, 5.74) is 1.78. The molecule has 1 aromatic heterocycles. The number of nitrogens with one attached hydrogen (secondary N) is 3. The summed E-state index contributed by atoms with van der Waals surface area (Å²) in [5, 5.41) is 8.38. The molecule has 0 radical (unpaired) electrons. The van der Waals surface area contributed by atoms with E-state index in [1.807, 2.05) is 0 Å². The molecule has 0 saturated heterocycles. The first kappa shape index (κ1) is 22.0. The number of pyridine rings is 1. The lowest BCUT2D eigenvalue weighted by Crippen LogP contribution is -2.23. The standard InChI is InChI=1S/C23H20F2N4O4/c1-2-26-22(31)18-9-13(7-8-27-18)12-28-17-10-14(24)3-5-16(17)21(30)29-15-4-6-19-20(11-15)33-23(25)32-19/h3-11,23,28H,2,12H2,1H3,(H,26,31)(H,29,30). The molecule has 3 aromatic rings. The Morgan fingerprint density at radius 3 is 2.67 bits per heavy atom. The summed E-state index contributed by atoms with van der Waals surface area (Å²) in [6, 6.07) is 11.5. The number of benzene rings is 2. The van der Waals surface area contributed by atoms with Crippen molar-refractivity contribution in [2.75, 3.05) is 17.2 Å². The number of carbonyl (C=O) groups excluding carboxylic acids is 2. The zero-order chi connectivity index (χ0) is 23.4. The smallest absolute Gasteiger partial charge is 0.397 e. The molecule has 0 fully saturated rings. The molecule has 0 aliphatic carbocycles. The van der Waals surface area contributed by atoms with Gasteiger partial charge in [-0.05, 0) is 55.0 Å². The summed E-state index contributed by atoms with van der Waals surface area (Å²) in [7, 11) is 0. The van der Waals surface area contributed by atoms with Crippen LogP contribution in [0.25, 0.3) is 0 Å². The van der Waals surface area contributed by atoms with Gasteiger partial charge in [0.15, 0.2) is 11.5 Å². The van der Waals surface area contributed by atoms with Crippen LogP contribution in [0.1, 0.15) is 33.3 Å². The van der Waals surface area contributed by atoms with Crippen LogP contribution in [0.4, 0.5) is 20.2 Å². The third-order valence-electron chi connectivity index (χ3n) is 4.74. The molecule has 1 unspecified atom stereocenters. The van der Waals surface area contributed by atoms with Gasteiger partial charge in [0.2, 0.25) is 0 Å². The number of amides is 2. The molecule has 2 amide bonds. The molecule has 8 nitrogen and oxygen atoms in total. The van der Waals surface area contributed by atoms with E-state index in [-0.39, 0.29) is 40.9 Å². The minimum absolute atomic E-state index is 0.165. The molecule has 1 aliphatic heterocycles. The summed E-state index contributed by atoms with van der Waals surface area (Å²) in [6.45, 7) is 0.616. The Balaban J connectivity index is 1.49. The average molecular weight is 454 g/mol. The minimum Gasteiger partial charge on any atom is -0.425 e. The van der Waals surface area contributed by atoms with Crippen LogP contribution in [0.3, 0.4) is 0 Å². The Labute approximate surface area is 187 Å². The fraction of sp³-hybridized carbons (Fsp3) is 0.174. The van der Waals surface area contributed by atoms with Gasteiger partial charge in [0.1, 0.15) is 11.5 Å². The zero-order valence-electron chi connectivity index (χ0n) is 17.5. The van der Waals surface area contributed by atoms with Crippen LogP contribution < -0.4 is 25.4 Å². The molecule has 10 heteroatoms. The molecule has 1 atom stereocenters. The Morgan fingerprint density at radius 1 is 1.03 bits per heavy atom. The highest BCUT2D eigenvalue weighted by Gasteiger charge is 2.24. The maximum atomic E-state index is 13.9. The lowest BCUT2D eigenvalue weighted by Gasteiger charge is -2.13. The van der Waals surface area contributed by atoms with Gasteiger partial charge in [-0.25, -0.2) is 4.39 Å². The van der Waals surface area contributed by atoms with E-state index in [4.69, 9.17) is 9.47 Å². The molecule has 1 aliphatic rings. The van der Waals surface area contributed by atoms with Crippen molar-refractivity contribution in [1.29, 1.82) is 0 Å². The van der Waals surface area contributed by atoms with E-state index in [1.165, 1.54) is 42.6 Å². The number of alkyl halides is 1. The van der Waals surface area contributed by atoms with Gasteiger partial charge >= 0.3 is 6.54 Å². The Bertz CT molecular complexity index is 1200. The van der Waals surface area contributed by atoms with E-state index in [2.05, 4.69) is 20.9 Å². The second kappa shape index (κ2) is 9.51. The highest BCUT2D eigenvalue weighted by molar-refractivity contribution is 6.08. The van der Waals surface area contributed by atoms with Crippen molar-refractivity contribution in [1.82, 2.24) is 10.3 Å². The van der Waals surface area contributed by atoms with Crippen LogP contribution in [-0.4, -0.2) is 29.9 Å². The number of hydrogen-bond acceptors (Lipinski definition) is 6. The van der Waals surface area contributed by atoms with Gasteiger partial charge in [0.05, 0.1) is 11.3 Å². The number of ether oxygens (including phenoxy) is 2. The molecule has 2 heterocycles. The fourth-order valence-electron chi connectivity index (χ4n) is 3.21. The van der Waals surface area contributed by atoms with Crippen molar-refractivity contribution < 1.29 is 27.8 Å². The maximum Gasteiger partial charge on any atom is 0.397 e. The number of carbonyl (C=O) groups is 2. The number of halogens is 2. The lowest BCUT2D eigenvalue weighted by atomic mass is 10.1. The van der Waals surface area contributed by atoms with E-state index in [1.54, 1.807) is 19.1 Å². The van der Waals surface area contributed by atoms with E-state index in [0.717, 1.165) is 5.56 Å². The second-order valence-electron chi connectivity index (χ2n) is 7.08. The van der Waals surface area contributed by atoms with Crippen LogP contribution in [0.15, 0.2) is 54.7 Å². The number of aromatic nitrogens is 1. The Hall–Kier alpha value is -4.21. The molecule has 170 valence electrons. The van der Waals surface area contributed by atoms with Crippen molar-refractivity contribution in [3.8, 4) is 11.5 Å². The van der Waals surface area contributed by atoms with E-state index in [0.29, 0.717) is 12.2 Å². The first-order valence-electron chi connectivity index (χ1n) is 10.1. The summed E-state index contributed by atoms with van der Waals surface area (Å²) < 4.78 is 36.8. The zero-order valence-corrected chi connectivity index (χ0v) is 17.5. The van der Waals surface area contributed by atoms with Crippen LogP contribution >= 0.6 is 0 Å². The topological polar surface area (TPSA) is 102 Å². The molecule has 0 spiro atoms. The van der Waals surface area contributed by atoms with Crippen molar-refractivity contribution in [3.05, 3.63) is 77.4 Å². The van der Waals surface area contributed by atoms with Gasteiger partial charge in [-0.2, -0.15) is 4.39 Å². The molecule has 0 saturated carbocycles. The van der Waals surface area contributed by atoms with Crippen LogP contribution in [-0.2, 0) is 6.54 Å². The highest BCUT2D eigenvalue weighted by atomic mass is 19.2. The van der Waals surface area contributed by atoms with Crippen LogP contribution in [0.2, 0.25) is 0 Å². The van der Waals surface area contributed by atoms with Crippen LogP contribution in [0, 0.1) is 5.82 Å². The van der Waals surface area contributed by atoms with Gasteiger partial charge in [0.25, 0.3) is 11.8 Å². The molecule has 3 N–H and O–H groups in total. The van der Waals surface area contributed by atoms with Gasteiger partial charge in [-0.3, -0.25) is 14.6 Å². The maximum absolute atomic E-state index is 13.9. The second-order valence-corrected chi connectivity index (χ2v) is 7.08. The number of anilines is 2. The average Bonchev–Trinajstić information content (AvgIpc) is 3.17. The van der Waals surface area contributed by atoms with Gasteiger partial charge < -0.3 is 25.4 Å². The fourth-order valence-corrected chi connectivity index (χ4v) is 3.21. The molecule has 2 aromatic carbocycles. The van der Waals surface area contributed by atoms with Crippen LogP contribution in [0.5, 0.6) is 11.5 Å². The first-order chi connectivity index (χ1) is 15.9. The van der Waals surface area contributed by atoms with Gasteiger partial charge in [0, 0.05) is 31.0 Å². The number of fused-ring (bicyclic) bond motifs is 1. The van der Waals surface area contributed by atoms with Crippen molar-refractivity contribution >= 4 is 23.2 Å². The number of hydrogen-bond donors (Lipinski definition) is 3. The molecule has 4 rings (SSSR count). The van der Waals surface area contributed by atoms with E-state index >= 15 is 0 Å². The predicted molar refractivity (Wildman–Crippen MR) is 117 cm³/mol. The number of rotatable bonds is 7. The largest absolute Gasteiger partial charge is 0.425 e. The lowest BCUT2D eigenvalue weighted by molar-refractivity contribution is -0.0652. The summed E-state index contributed by atoms with van der Waals surface area (Å²) >= 11 is 0.